The normalized spacial score (nSPS) is 12.1. The van der Waals surface area contributed by atoms with Crippen LogP contribution in [0.4, 0.5) is 0 Å². The van der Waals surface area contributed by atoms with Crippen LogP contribution in [0, 0.1) is 6.92 Å². The summed E-state index contributed by atoms with van der Waals surface area (Å²) < 4.78 is 0. The second-order valence-corrected chi connectivity index (χ2v) is 3.56. The zero-order valence-corrected chi connectivity index (χ0v) is 7.61. The van der Waals surface area contributed by atoms with Gasteiger partial charge in [-0.1, -0.05) is 0 Å². The minimum atomic E-state index is 0.150. The van der Waals surface area contributed by atoms with E-state index >= 15 is 0 Å². The Morgan fingerprint density at radius 2 is 2.45 bits per heavy atom. The summed E-state index contributed by atoms with van der Waals surface area (Å²) in [6.45, 7) is 4.16. The van der Waals surface area contributed by atoms with E-state index in [9.17, 15) is 0 Å². The van der Waals surface area contributed by atoms with Gasteiger partial charge in [0.05, 0.1) is 6.61 Å². The number of aryl methyl sites for hydroxylation is 1. The van der Waals surface area contributed by atoms with Crippen molar-refractivity contribution in [3.8, 4) is 0 Å². The molecule has 0 aliphatic rings. The fourth-order valence-corrected chi connectivity index (χ4v) is 1.74. The molecule has 1 aromatic heterocycles. The van der Waals surface area contributed by atoms with E-state index in [2.05, 4.69) is 18.4 Å². The minimum absolute atomic E-state index is 0.150. The van der Waals surface area contributed by atoms with Crippen LogP contribution in [0.25, 0.3) is 6.08 Å². The van der Waals surface area contributed by atoms with Crippen LogP contribution in [0.15, 0.2) is 17.0 Å². The molecular weight excluding hydrogens is 156 g/mol. The molecule has 0 atom stereocenters. The number of aliphatic hydroxyl groups is 1. The van der Waals surface area contributed by atoms with Gasteiger partial charge >= 0.3 is 0 Å². The minimum Gasteiger partial charge on any atom is -0.392 e. The van der Waals surface area contributed by atoms with Crippen LogP contribution in [0.3, 0.4) is 0 Å². The van der Waals surface area contributed by atoms with Crippen molar-refractivity contribution in [2.45, 2.75) is 13.8 Å². The van der Waals surface area contributed by atoms with E-state index in [0.717, 1.165) is 5.57 Å². The second kappa shape index (κ2) is 3.69. The third kappa shape index (κ3) is 2.17. The van der Waals surface area contributed by atoms with Gasteiger partial charge in [0.2, 0.25) is 0 Å². The van der Waals surface area contributed by atoms with Crippen molar-refractivity contribution in [2.24, 2.45) is 0 Å². The number of rotatable bonds is 2. The number of thiophene rings is 1. The summed E-state index contributed by atoms with van der Waals surface area (Å²) in [6.07, 6.45) is 2.03. The molecule has 60 valence electrons. The molecule has 0 spiro atoms. The first-order valence-corrected chi connectivity index (χ1v) is 4.44. The molecule has 0 unspecified atom stereocenters. The maximum absolute atomic E-state index is 8.76. The van der Waals surface area contributed by atoms with E-state index in [-0.39, 0.29) is 6.61 Å². The Bertz CT molecular complexity index is 260. The molecule has 0 saturated heterocycles. The first-order valence-electron chi connectivity index (χ1n) is 3.56. The molecule has 0 aliphatic carbocycles. The number of hydrogen-bond donors (Lipinski definition) is 1. The molecule has 0 fully saturated rings. The predicted molar refractivity (Wildman–Crippen MR) is 49.8 cm³/mol. The quantitative estimate of drug-likeness (QED) is 0.719. The Labute approximate surface area is 71.0 Å². The predicted octanol–water partition coefficient (Wildman–Crippen LogP) is 2.45. The largest absolute Gasteiger partial charge is 0.392 e. The van der Waals surface area contributed by atoms with Crippen LogP contribution in [0.1, 0.15) is 17.4 Å². The topological polar surface area (TPSA) is 20.2 Å². The Balaban J connectivity index is 2.86. The van der Waals surface area contributed by atoms with Gasteiger partial charge in [-0.2, -0.15) is 0 Å². The highest BCUT2D eigenvalue weighted by atomic mass is 32.1. The van der Waals surface area contributed by atoms with Gasteiger partial charge in [0.15, 0.2) is 0 Å². The lowest BCUT2D eigenvalue weighted by molar-refractivity contribution is 0.332. The number of aliphatic hydroxyl groups excluding tert-OH is 1. The summed E-state index contributed by atoms with van der Waals surface area (Å²) in [4.78, 5) is 1.25. The highest BCUT2D eigenvalue weighted by Gasteiger charge is 1.95. The molecule has 0 radical (unpaired) electrons. The van der Waals surface area contributed by atoms with Crippen molar-refractivity contribution in [3.05, 3.63) is 27.5 Å². The van der Waals surface area contributed by atoms with E-state index in [1.54, 1.807) is 11.3 Å². The number of hydrogen-bond acceptors (Lipinski definition) is 2. The second-order valence-electron chi connectivity index (χ2n) is 2.62. The van der Waals surface area contributed by atoms with Crippen molar-refractivity contribution in [3.63, 3.8) is 0 Å². The van der Waals surface area contributed by atoms with Gasteiger partial charge in [-0.25, -0.2) is 0 Å². The molecule has 0 aromatic carbocycles. The van der Waals surface area contributed by atoms with Gasteiger partial charge in [0.1, 0.15) is 0 Å². The SMILES string of the molecule is CC(=Cc1sccc1C)CO. The molecule has 11 heavy (non-hydrogen) atoms. The van der Waals surface area contributed by atoms with E-state index in [1.807, 2.05) is 13.0 Å². The Kier molecular flexibility index (Phi) is 2.85. The molecule has 1 rings (SSSR count). The maximum Gasteiger partial charge on any atom is 0.0642 e. The zero-order valence-electron chi connectivity index (χ0n) is 6.79. The summed E-state index contributed by atoms with van der Waals surface area (Å²) in [7, 11) is 0. The molecule has 0 saturated carbocycles. The van der Waals surface area contributed by atoms with E-state index in [4.69, 9.17) is 5.11 Å². The monoisotopic (exact) mass is 168 g/mol. The Morgan fingerprint density at radius 1 is 1.73 bits per heavy atom. The lowest BCUT2D eigenvalue weighted by atomic mass is 10.2. The van der Waals surface area contributed by atoms with Gasteiger partial charge in [-0.3, -0.25) is 0 Å². The van der Waals surface area contributed by atoms with Crippen LogP contribution in [0.5, 0.6) is 0 Å². The summed E-state index contributed by atoms with van der Waals surface area (Å²) >= 11 is 1.71. The standard InChI is InChI=1S/C9H12OS/c1-7(6-10)5-9-8(2)3-4-11-9/h3-5,10H,6H2,1-2H3. The van der Waals surface area contributed by atoms with Gasteiger partial charge in [0.25, 0.3) is 0 Å². The van der Waals surface area contributed by atoms with Gasteiger partial charge < -0.3 is 5.11 Å². The van der Waals surface area contributed by atoms with Crippen molar-refractivity contribution >= 4 is 17.4 Å². The average molecular weight is 168 g/mol. The third-order valence-corrected chi connectivity index (χ3v) is 2.49. The summed E-state index contributed by atoms with van der Waals surface area (Å²) in [6, 6.07) is 2.08. The molecule has 1 nitrogen and oxygen atoms in total. The van der Waals surface area contributed by atoms with Crippen LogP contribution < -0.4 is 0 Å². The fraction of sp³-hybridized carbons (Fsp3) is 0.333. The molecule has 0 aliphatic heterocycles. The first-order chi connectivity index (χ1) is 5.24. The van der Waals surface area contributed by atoms with Crippen LogP contribution in [-0.4, -0.2) is 11.7 Å². The highest BCUT2D eigenvalue weighted by Crippen LogP contribution is 2.18. The first kappa shape index (κ1) is 8.50. The van der Waals surface area contributed by atoms with Gasteiger partial charge in [-0.15, -0.1) is 11.3 Å². The summed E-state index contributed by atoms with van der Waals surface area (Å²) in [5.41, 5.74) is 2.29. The molecule has 1 N–H and O–H groups in total. The van der Waals surface area contributed by atoms with E-state index < -0.39 is 0 Å². The van der Waals surface area contributed by atoms with Gasteiger partial charge in [0, 0.05) is 4.88 Å². The maximum atomic E-state index is 8.76. The molecular formula is C9H12OS. The van der Waals surface area contributed by atoms with E-state index in [1.165, 1.54) is 10.4 Å². The lowest BCUT2D eigenvalue weighted by Gasteiger charge is -1.93. The van der Waals surface area contributed by atoms with Crippen LogP contribution >= 0.6 is 11.3 Å². The van der Waals surface area contributed by atoms with Crippen molar-refractivity contribution in [1.29, 1.82) is 0 Å². The van der Waals surface area contributed by atoms with Gasteiger partial charge in [-0.05, 0) is 42.5 Å². The van der Waals surface area contributed by atoms with Crippen molar-refractivity contribution in [1.82, 2.24) is 0 Å². The average Bonchev–Trinajstić information content (AvgIpc) is 2.37. The Morgan fingerprint density at radius 3 is 2.91 bits per heavy atom. The third-order valence-electron chi connectivity index (χ3n) is 1.53. The fourth-order valence-electron chi connectivity index (χ4n) is 0.802. The summed E-state index contributed by atoms with van der Waals surface area (Å²) in [5, 5.41) is 10.8. The molecule has 0 bridgehead atoms. The van der Waals surface area contributed by atoms with E-state index in [0.29, 0.717) is 0 Å². The van der Waals surface area contributed by atoms with Crippen LogP contribution in [-0.2, 0) is 0 Å². The van der Waals surface area contributed by atoms with Crippen molar-refractivity contribution in [2.75, 3.05) is 6.61 Å². The Hall–Kier alpha value is -0.600. The lowest BCUT2D eigenvalue weighted by Crippen LogP contribution is -1.82. The van der Waals surface area contributed by atoms with Crippen molar-refractivity contribution < 1.29 is 5.11 Å². The van der Waals surface area contributed by atoms with Crippen LogP contribution in [0.2, 0.25) is 0 Å². The molecule has 1 heterocycles. The smallest absolute Gasteiger partial charge is 0.0642 e. The summed E-state index contributed by atoms with van der Waals surface area (Å²) in [5.74, 6) is 0. The zero-order chi connectivity index (χ0) is 8.27. The molecule has 2 heteroatoms. The molecule has 1 aromatic rings. The highest BCUT2D eigenvalue weighted by molar-refractivity contribution is 7.11. The molecule has 0 amide bonds.